The van der Waals surface area contributed by atoms with Gasteiger partial charge in [-0.05, 0) is 30.8 Å². The standard InChI is InChI=1S/C21H24N2O3.ClH/c1-22-9-10-23-17-12-20(26-4)19(25-3)11-16(17)21(18(23)13-22)14-5-7-15(24-2)8-6-14;/h5-8,11-12H,9-10,13H2,1-4H3;1H. The van der Waals surface area contributed by atoms with Crippen molar-refractivity contribution in [2.75, 3.05) is 34.9 Å². The number of benzene rings is 2. The van der Waals surface area contributed by atoms with Crippen LogP contribution in [-0.4, -0.2) is 44.4 Å². The lowest BCUT2D eigenvalue weighted by Crippen LogP contribution is -2.30. The molecule has 2 aromatic carbocycles. The molecule has 0 N–H and O–H groups in total. The van der Waals surface area contributed by atoms with Crippen molar-refractivity contribution in [2.24, 2.45) is 0 Å². The molecule has 0 aliphatic carbocycles. The van der Waals surface area contributed by atoms with Gasteiger partial charge in [-0.1, -0.05) is 12.1 Å². The van der Waals surface area contributed by atoms with Crippen molar-refractivity contribution in [3.63, 3.8) is 0 Å². The molecular formula is C21H25ClN2O3. The second-order valence-corrected chi connectivity index (χ2v) is 6.66. The van der Waals surface area contributed by atoms with Gasteiger partial charge >= 0.3 is 0 Å². The highest BCUT2D eigenvalue weighted by atomic mass is 35.5. The molecule has 2 heterocycles. The Balaban J connectivity index is 0.00000210. The third-order valence-corrected chi connectivity index (χ3v) is 5.18. The summed E-state index contributed by atoms with van der Waals surface area (Å²) in [4.78, 5) is 2.36. The van der Waals surface area contributed by atoms with Gasteiger partial charge in [0, 0.05) is 42.3 Å². The van der Waals surface area contributed by atoms with Gasteiger partial charge in [0.1, 0.15) is 5.75 Å². The summed E-state index contributed by atoms with van der Waals surface area (Å²) < 4.78 is 18.8. The molecule has 0 saturated carbocycles. The topological polar surface area (TPSA) is 35.9 Å². The fraction of sp³-hybridized carbons (Fsp3) is 0.333. The van der Waals surface area contributed by atoms with E-state index < -0.39 is 0 Å². The zero-order valence-corrected chi connectivity index (χ0v) is 16.9. The molecular weight excluding hydrogens is 364 g/mol. The number of ether oxygens (including phenoxy) is 3. The van der Waals surface area contributed by atoms with Gasteiger partial charge in [0.2, 0.25) is 0 Å². The monoisotopic (exact) mass is 388 g/mol. The number of hydrogen-bond donors (Lipinski definition) is 0. The molecule has 0 bridgehead atoms. The first-order valence-corrected chi connectivity index (χ1v) is 8.76. The summed E-state index contributed by atoms with van der Waals surface area (Å²) in [5.41, 5.74) is 4.97. The molecule has 6 heteroatoms. The first-order valence-electron chi connectivity index (χ1n) is 8.76. The molecule has 0 radical (unpaired) electrons. The maximum Gasteiger partial charge on any atom is 0.162 e. The van der Waals surface area contributed by atoms with Crippen LogP contribution in [0.4, 0.5) is 0 Å². The Bertz CT molecular complexity index is 950. The van der Waals surface area contributed by atoms with Crippen molar-refractivity contribution in [2.45, 2.75) is 13.1 Å². The first-order chi connectivity index (χ1) is 12.7. The van der Waals surface area contributed by atoms with Gasteiger partial charge < -0.3 is 18.8 Å². The third-order valence-electron chi connectivity index (χ3n) is 5.18. The average Bonchev–Trinajstić information content (AvgIpc) is 2.99. The summed E-state index contributed by atoms with van der Waals surface area (Å²) in [6.07, 6.45) is 0. The smallest absolute Gasteiger partial charge is 0.162 e. The highest BCUT2D eigenvalue weighted by Crippen LogP contribution is 2.42. The van der Waals surface area contributed by atoms with Crippen LogP contribution < -0.4 is 14.2 Å². The van der Waals surface area contributed by atoms with E-state index in [9.17, 15) is 0 Å². The quantitative estimate of drug-likeness (QED) is 0.671. The largest absolute Gasteiger partial charge is 0.497 e. The minimum Gasteiger partial charge on any atom is -0.497 e. The second-order valence-electron chi connectivity index (χ2n) is 6.66. The molecule has 0 fully saturated rings. The van der Waals surface area contributed by atoms with E-state index in [0.717, 1.165) is 36.9 Å². The van der Waals surface area contributed by atoms with Gasteiger partial charge in [0.25, 0.3) is 0 Å². The third kappa shape index (κ3) is 3.22. The molecule has 0 amide bonds. The van der Waals surface area contributed by atoms with Crippen LogP contribution in [0.25, 0.3) is 22.0 Å². The molecule has 4 rings (SSSR count). The van der Waals surface area contributed by atoms with Crippen molar-refractivity contribution in [1.82, 2.24) is 9.47 Å². The lowest BCUT2D eigenvalue weighted by atomic mass is 10.0. The summed E-state index contributed by atoms with van der Waals surface area (Å²) in [5, 5.41) is 1.19. The highest BCUT2D eigenvalue weighted by Gasteiger charge is 2.24. The van der Waals surface area contributed by atoms with E-state index in [2.05, 4.69) is 40.8 Å². The van der Waals surface area contributed by atoms with Gasteiger partial charge in [-0.25, -0.2) is 0 Å². The minimum atomic E-state index is 0. The van der Waals surface area contributed by atoms with E-state index in [-0.39, 0.29) is 12.4 Å². The van der Waals surface area contributed by atoms with Crippen LogP contribution >= 0.6 is 12.4 Å². The van der Waals surface area contributed by atoms with Crippen molar-refractivity contribution < 1.29 is 14.2 Å². The van der Waals surface area contributed by atoms with Crippen LogP contribution in [0.5, 0.6) is 17.2 Å². The Morgan fingerprint density at radius 2 is 1.52 bits per heavy atom. The minimum absolute atomic E-state index is 0. The zero-order chi connectivity index (χ0) is 18.3. The van der Waals surface area contributed by atoms with Crippen molar-refractivity contribution in [1.29, 1.82) is 0 Å². The van der Waals surface area contributed by atoms with E-state index in [1.807, 2.05) is 12.1 Å². The second kappa shape index (κ2) is 7.71. The van der Waals surface area contributed by atoms with Gasteiger partial charge in [0.15, 0.2) is 11.5 Å². The molecule has 0 saturated heterocycles. The first kappa shape index (κ1) is 19.4. The van der Waals surface area contributed by atoms with E-state index >= 15 is 0 Å². The van der Waals surface area contributed by atoms with Crippen molar-refractivity contribution in [3.8, 4) is 28.4 Å². The molecule has 0 unspecified atom stereocenters. The van der Waals surface area contributed by atoms with Crippen LogP contribution in [0.15, 0.2) is 36.4 Å². The van der Waals surface area contributed by atoms with Gasteiger partial charge in [-0.15, -0.1) is 12.4 Å². The maximum absolute atomic E-state index is 5.56. The number of nitrogens with zero attached hydrogens (tertiary/aromatic N) is 2. The van der Waals surface area contributed by atoms with Crippen molar-refractivity contribution in [3.05, 3.63) is 42.1 Å². The number of hydrogen-bond acceptors (Lipinski definition) is 4. The predicted octanol–water partition coefficient (Wildman–Crippen LogP) is 4.20. The zero-order valence-electron chi connectivity index (χ0n) is 16.1. The van der Waals surface area contributed by atoms with Gasteiger partial charge in [-0.3, -0.25) is 4.90 Å². The SMILES string of the molecule is COc1ccc(-c2c3n(c4cc(OC)c(OC)cc24)CCN(C)C3)cc1.Cl. The summed E-state index contributed by atoms with van der Waals surface area (Å²) in [6.45, 7) is 2.92. The number of methoxy groups -OCH3 is 3. The molecule has 0 atom stereocenters. The summed E-state index contributed by atoms with van der Waals surface area (Å²) >= 11 is 0. The number of fused-ring (bicyclic) bond motifs is 3. The lowest BCUT2D eigenvalue weighted by molar-refractivity contribution is 0.273. The highest BCUT2D eigenvalue weighted by molar-refractivity contribution is 6.00. The van der Waals surface area contributed by atoms with Crippen LogP contribution in [0.2, 0.25) is 0 Å². The van der Waals surface area contributed by atoms with Crippen LogP contribution in [-0.2, 0) is 13.1 Å². The molecule has 144 valence electrons. The number of rotatable bonds is 4. The molecule has 27 heavy (non-hydrogen) atoms. The molecule has 5 nitrogen and oxygen atoms in total. The molecule has 1 aromatic heterocycles. The Hall–Kier alpha value is -2.37. The Morgan fingerprint density at radius 1 is 0.852 bits per heavy atom. The Kier molecular flexibility index (Phi) is 5.53. The van der Waals surface area contributed by atoms with Gasteiger partial charge in [-0.2, -0.15) is 0 Å². The predicted molar refractivity (Wildman–Crippen MR) is 111 cm³/mol. The lowest BCUT2D eigenvalue weighted by Gasteiger charge is -2.26. The molecule has 3 aromatic rings. The Morgan fingerprint density at radius 3 is 2.15 bits per heavy atom. The molecule has 1 aliphatic heterocycles. The van der Waals surface area contributed by atoms with Crippen LogP contribution in [0.1, 0.15) is 5.69 Å². The average molecular weight is 389 g/mol. The fourth-order valence-electron chi connectivity index (χ4n) is 3.83. The van der Waals surface area contributed by atoms with Gasteiger partial charge in [0.05, 0.1) is 26.8 Å². The van der Waals surface area contributed by atoms with E-state index in [0.29, 0.717) is 0 Å². The van der Waals surface area contributed by atoms with Crippen molar-refractivity contribution >= 4 is 23.3 Å². The summed E-state index contributed by atoms with van der Waals surface area (Å²) in [6, 6.07) is 12.5. The van der Waals surface area contributed by atoms with Crippen LogP contribution in [0, 0.1) is 0 Å². The van der Waals surface area contributed by atoms with E-state index in [4.69, 9.17) is 14.2 Å². The number of likely N-dealkylation sites (N-methyl/N-ethyl adjacent to an activating group) is 1. The van der Waals surface area contributed by atoms with E-state index in [1.54, 1.807) is 21.3 Å². The maximum atomic E-state index is 5.56. The Labute approximate surface area is 165 Å². The fourth-order valence-corrected chi connectivity index (χ4v) is 3.83. The normalized spacial score (nSPS) is 13.8. The molecule has 1 aliphatic rings. The van der Waals surface area contributed by atoms with E-state index in [1.165, 1.54) is 27.7 Å². The summed E-state index contributed by atoms with van der Waals surface area (Å²) in [5.74, 6) is 2.38. The summed E-state index contributed by atoms with van der Waals surface area (Å²) in [7, 11) is 7.22. The number of halogens is 1. The van der Waals surface area contributed by atoms with Crippen LogP contribution in [0.3, 0.4) is 0 Å². The number of aromatic nitrogens is 1. The molecule has 0 spiro atoms.